The van der Waals surface area contributed by atoms with Gasteiger partial charge in [-0.25, -0.2) is 0 Å². The van der Waals surface area contributed by atoms with Crippen molar-refractivity contribution in [1.29, 1.82) is 0 Å². The number of rotatable bonds is 8. The molecule has 2 aromatic carbocycles. The molecule has 6 nitrogen and oxygen atoms in total. The van der Waals surface area contributed by atoms with Crippen LogP contribution in [-0.2, 0) is 16.5 Å². The molecule has 2 N–H and O–H groups in total. The van der Waals surface area contributed by atoms with Gasteiger partial charge in [-0.1, -0.05) is 30.3 Å². The van der Waals surface area contributed by atoms with E-state index in [9.17, 15) is 18.1 Å². The lowest BCUT2D eigenvalue weighted by molar-refractivity contribution is 0.0420. The molecule has 152 valence electrons. The minimum Gasteiger partial charge on any atom is -0.488 e. The summed E-state index contributed by atoms with van der Waals surface area (Å²) in [4.78, 5) is 3.91. The largest absolute Gasteiger partial charge is 0.488 e. The van der Waals surface area contributed by atoms with Crippen LogP contribution in [0.15, 0.2) is 78.0 Å². The van der Waals surface area contributed by atoms with Crippen LogP contribution in [-0.4, -0.2) is 35.3 Å². The van der Waals surface area contributed by atoms with Crippen molar-refractivity contribution >= 4 is 10.1 Å². The Kier molecular flexibility index (Phi) is 6.64. The van der Waals surface area contributed by atoms with Gasteiger partial charge in [0.2, 0.25) is 0 Å². The van der Waals surface area contributed by atoms with Crippen LogP contribution in [0.2, 0.25) is 0 Å². The Bertz CT molecular complexity index is 1040. The Labute approximate surface area is 170 Å². The number of benzene rings is 2. The fourth-order valence-corrected chi connectivity index (χ4v) is 3.48. The first kappa shape index (κ1) is 21.0. The SMILES string of the molecule is CC(Oc1ccc(-c2cccc(S(=O)(=O)O)c2)cc1)C(O)CCc1cccnc1. The maximum atomic E-state index is 11.3. The topological polar surface area (TPSA) is 96.7 Å². The average molecular weight is 413 g/mol. The maximum absolute atomic E-state index is 11.3. The summed E-state index contributed by atoms with van der Waals surface area (Å²) in [6, 6.07) is 17.1. The maximum Gasteiger partial charge on any atom is 0.294 e. The molecule has 0 saturated heterocycles. The molecule has 7 heteroatoms. The zero-order chi connectivity index (χ0) is 20.9. The first-order chi connectivity index (χ1) is 13.8. The highest BCUT2D eigenvalue weighted by Crippen LogP contribution is 2.25. The van der Waals surface area contributed by atoms with Crippen LogP contribution in [0.5, 0.6) is 5.75 Å². The molecule has 29 heavy (non-hydrogen) atoms. The van der Waals surface area contributed by atoms with Gasteiger partial charge in [0.25, 0.3) is 10.1 Å². The lowest BCUT2D eigenvalue weighted by atomic mass is 10.0. The number of aliphatic hydroxyl groups is 1. The number of aryl methyl sites for hydroxylation is 1. The summed E-state index contributed by atoms with van der Waals surface area (Å²) in [6.45, 7) is 1.82. The molecule has 2 unspecified atom stereocenters. The van der Waals surface area contributed by atoms with Crippen molar-refractivity contribution in [3.63, 3.8) is 0 Å². The molecule has 0 spiro atoms. The summed E-state index contributed by atoms with van der Waals surface area (Å²) < 4.78 is 37.6. The Morgan fingerprint density at radius 2 is 1.79 bits per heavy atom. The molecule has 0 aliphatic heterocycles. The predicted octanol–water partition coefficient (Wildman–Crippen LogP) is 3.76. The van der Waals surface area contributed by atoms with Crippen molar-refractivity contribution < 1.29 is 22.8 Å². The fourth-order valence-electron chi connectivity index (χ4n) is 2.95. The zero-order valence-electron chi connectivity index (χ0n) is 16.0. The quantitative estimate of drug-likeness (QED) is 0.546. The highest BCUT2D eigenvalue weighted by molar-refractivity contribution is 7.85. The molecule has 1 heterocycles. The molecule has 0 amide bonds. The second-order valence-electron chi connectivity index (χ2n) is 6.82. The normalized spacial score (nSPS) is 13.6. The van der Waals surface area contributed by atoms with Crippen LogP contribution in [0.3, 0.4) is 0 Å². The monoisotopic (exact) mass is 413 g/mol. The van der Waals surface area contributed by atoms with Crippen molar-refractivity contribution in [3.05, 3.63) is 78.6 Å². The zero-order valence-corrected chi connectivity index (χ0v) is 16.8. The fraction of sp³-hybridized carbons (Fsp3) is 0.227. The van der Waals surface area contributed by atoms with E-state index >= 15 is 0 Å². The highest BCUT2D eigenvalue weighted by Gasteiger charge is 2.16. The van der Waals surface area contributed by atoms with Gasteiger partial charge in [-0.3, -0.25) is 9.54 Å². The Morgan fingerprint density at radius 1 is 1.03 bits per heavy atom. The summed E-state index contributed by atoms with van der Waals surface area (Å²) >= 11 is 0. The standard InChI is InChI=1S/C22H23NO5S/c1-16(22(24)12-7-17-4-3-13-23-15-17)28-20-10-8-18(9-11-20)19-5-2-6-21(14-19)29(25,26)27/h2-6,8-11,13-16,22,24H,7,12H2,1H3,(H,25,26,27). The number of nitrogens with zero attached hydrogens (tertiary/aromatic N) is 1. The van der Waals surface area contributed by atoms with Gasteiger partial charge in [0.05, 0.1) is 11.0 Å². The summed E-state index contributed by atoms with van der Waals surface area (Å²) in [6.07, 6.45) is 3.77. The van der Waals surface area contributed by atoms with E-state index in [1.165, 1.54) is 12.1 Å². The second kappa shape index (κ2) is 9.17. The Hall–Kier alpha value is -2.74. The third-order valence-corrected chi connectivity index (χ3v) is 5.48. The van der Waals surface area contributed by atoms with E-state index in [-0.39, 0.29) is 11.0 Å². The van der Waals surface area contributed by atoms with E-state index in [1.54, 1.807) is 48.8 Å². The van der Waals surface area contributed by atoms with Gasteiger partial charge in [0.1, 0.15) is 11.9 Å². The van der Waals surface area contributed by atoms with Crippen molar-refractivity contribution in [1.82, 2.24) is 4.98 Å². The van der Waals surface area contributed by atoms with Crippen LogP contribution in [0.4, 0.5) is 0 Å². The molecule has 0 radical (unpaired) electrons. The molecule has 0 bridgehead atoms. The number of pyridine rings is 1. The molecule has 2 atom stereocenters. The molecule has 0 aliphatic carbocycles. The predicted molar refractivity (Wildman–Crippen MR) is 110 cm³/mol. The summed E-state index contributed by atoms with van der Waals surface area (Å²) in [5.74, 6) is 0.604. The van der Waals surface area contributed by atoms with Crippen molar-refractivity contribution in [3.8, 4) is 16.9 Å². The number of aromatic nitrogens is 1. The van der Waals surface area contributed by atoms with Crippen LogP contribution < -0.4 is 4.74 Å². The van der Waals surface area contributed by atoms with Crippen LogP contribution in [0, 0.1) is 0 Å². The highest BCUT2D eigenvalue weighted by atomic mass is 32.2. The third-order valence-electron chi connectivity index (χ3n) is 4.63. The van der Waals surface area contributed by atoms with Gasteiger partial charge in [-0.2, -0.15) is 8.42 Å². The number of hydrogen-bond donors (Lipinski definition) is 2. The second-order valence-corrected chi connectivity index (χ2v) is 8.24. The van der Waals surface area contributed by atoms with Crippen LogP contribution in [0.25, 0.3) is 11.1 Å². The lowest BCUT2D eigenvalue weighted by Crippen LogP contribution is -2.29. The summed E-state index contributed by atoms with van der Waals surface area (Å²) in [5, 5.41) is 10.4. The average Bonchev–Trinajstić information content (AvgIpc) is 2.73. The Morgan fingerprint density at radius 3 is 2.45 bits per heavy atom. The van der Waals surface area contributed by atoms with Gasteiger partial charge >= 0.3 is 0 Å². The van der Waals surface area contributed by atoms with E-state index in [2.05, 4.69) is 4.98 Å². The molecular weight excluding hydrogens is 390 g/mol. The van der Waals surface area contributed by atoms with Gasteiger partial charge in [0.15, 0.2) is 0 Å². The summed E-state index contributed by atoms with van der Waals surface area (Å²) in [5.41, 5.74) is 2.51. The van der Waals surface area contributed by atoms with Gasteiger partial charge < -0.3 is 9.84 Å². The number of hydrogen-bond acceptors (Lipinski definition) is 5. The van der Waals surface area contributed by atoms with Crippen molar-refractivity contribution in [2.45, 2.75) is 36.9 Å². The van der Waals surface area contributed by atoms with Gasteiger partial charge in [0, 0.05) is 12.4 Å². The minimum atomic E-state index is -4.25. The first-order valence-electron chi connectivity index (χ1n) is 9.24. The third kappa shape index (κ3) is 5.87. The molecule has 3 aromatic rings. The van der Waals surface area contributed by atoms with Crippen molar-refractivity contribution in [2.24, 2.45) is 0 Å². The van der Waals surface area contributed by atoms with Gasteiger partial charge in [-0.05, 0) is 66.8 Å². The van der Waals surface area contributed by atoms with Crippen molar-refractivity contribution in [2.75, 3.05) is 0 Å². The van der Waals surface area contributed by atoms with E-state index in [4.69, 9.17) is 4.74 Å². The van der Waals surface area contributed by atoms with E-state index < -0.39 is 16.2 Å². The van der Waals surface area contributed by atoms with Crippen LogP contribution >= 0.6 is 0 Å². The van der Waals surface area contributed by atoms with E-state index in [0.717, 1.165) is 11.1 Å². The van der Waals surface area contributed by atoms with Crippen LogP contribution in [0.1, 0.15) is 18.9 Å². The minimum absolute atomic E-state index is 0.152. The molecule has 3 rings (SSSR count). The smallest absolute Gasteiger partial charge is 0.294 e. The van der Waals surface area contributed by atoms with E-state index in [0.29, 0.717) is 24.2 Å². The van der Waals surface area contributed by atoms with Gasteiger partial charge in [-0.15, -0.1) is 0 Å². The molecule has 1 aromatic heterocycles. The van der Waals surface area contributed by atoms with E-state index in [1.807, 2.05) is 19.1 Å². The molecule has 0 aliphatic rings. The summed E-state index contributed by atoms with van der Waals surface area (Å²) in [7, 11) is -4.25. The lowest BCUT2D eigenvalue weighted by Gasteiger charge is -2.20. The molecule has 0 fully saturated rings. The molecule has 0 saturated carbocycles. The molecular formula is C22H23NO5S. The first-order valence-corrected chi connectivity index (χ1v) is 10.7. The Balaban J connectivity index is 1.61. The number of ether oxygens (including phenoxy) is 1. The number of aliphatic hydroxyl groups excluding tert-OH is 1.